The van der Waals surface area contributed by atoms with Crippen molar-refractivity contribution in [2.45, 2.75) is 32.6 Å². The first kappa shape index (κ1) is 13.8. The molecule has 0 aliphatic rings. The average Bonchev–Trinajstić information content (AvgIpc) is 2.39. The van der Waals surface area contributed by atoms with Crippen molar-refractivity contribution in [3.05, 3.63) is 53.7 Å². The molecule has 0 aliphatic carbocycles. The molecular formula is C17H22N2. The Morgan fingerprint density at radius 1 is 1.05 bits per heavy atom. The number of hydrogen-bond donors (Lipinski definition) is 1. The van der Waals surface area contributed by atoms with E-state index in [9.17, 15) is 0 Å². The van der Waals surface area contributed by atoms with Crippen LogP contribution in [0.3, 0.4) is 0 Å². The van der Waals surface area contributed by atoms with E-state index in [-0.39, 0.29) is 5.41 Å². The largest absolute Gasteiger partial charge is 0.330 e. The van der Waals surface area contributed by atoms with Gasteiger partial charge < -0.3 is 5.73 Å². The molecule has 0 fully saturated rings. The molecule has 100 valence electrons. The van der Waals surface area contributed by atoms with Crippen LogP contribution in [0.25, 0.3) is 11.3 Å². The minimum atomic E-state index is 0.183. The standard InChI is InChI=1S/C17H22N2/c1-17(2,3)15-8-6-14(7-9-15)16-13(10-11-18)5-4-12-19-16/h4-9,12H,10-11,18H2,1-3H3. The molecule has 0 amide bonds. The first-order valence-corrected chi connectivity index (χ1v) is 6.77. The van der Waals surface area contributed by atoms with Crippen LogP contribution >= 0.6 is 0 Å². The lowest BCUT2D eigenvalue weighted by molar-refractivity contribution is 0.590. The highest BCUT2D eigenvalue weighted by Crippen LogP contribution is 2.26. The smallest absolute Gasteiger partial charge is 0.0734 e. The Hall–Kier alpha value is -1.67. The zero-order valence-electron chi connectivity index (χ0n) is 12.0. The molecule has 0 aliphatic heterocycles. The summed E-state index contributed by atoms with van der Waals surface area (Å²) in [5.41, 5.74) is 10.6. The van der Waals surface area contributed by atoms with Gasteiger partial charge in [0.25, 0.3) is 0 Å². The van der Waals surface area contributed by atoms with Crippen molar-refractivity contribution >= 4 is 0 Å². The summed E-state index contributed by atoms with van der Waals surface area (Å²) in [6, 6.07) is 12.8. The summed E-state index contributed by atoms with van der Waals surface area (Å²) >= 11 is 0. The van der Waals surface area contributed by atoms with E-state index >= 15 is 0 Å². The fourth-order valence-corrected chi connectivity index (χ4v) is 2.18. The van der Waals surface area contributed by atoms with Crippen LogP contribution in [0.1, 0.15) is 31.9 Å². The molecule has 2 N–H and O–H groups in total. The topological polar surface area (TPSA) is 38.9 Å². The maximum absolute atomic E-state index is 5.66. The number of nitrogens with zero attached hydrogens (tertiary/aromatic N) is 1. The molecule has 0 spiro atoms. The van der Waals surface area contributed by atoms with Crippen LogP contribution in [-0.2, 0) is 11.8 Å². The predicted octanol–water partition coefficient (Wildman–Crippen LogP) is 3.55. The molecule has 2 nitrogen and oxygen atoms in total. The van der Waals surface area contributed by atoms with Gasteiger partial charge in [0, 0.05) is 11.8 Å². The Balaban J connectivity index is 2.37. The Morgan fingerprint density at radius 3 is 2.32 bits per heavy atom. The first-order chi connectivity index (χ1) is 9.02. The second-order valence-electron chi connectivity index (χ2n) is 5.88. The fraction of sp³-hybridized carbons (Fsp3) is 0.353. The van der Waals surface area contributed by atoms with Gasteiger partial charge in [-0.05, 0) is 35.6 Å². The maximum Gasteiger partial charge on any atom is 0.0734 e. The van der Waals surface area contributed by atoms with Crippen LogP contribution in [-0.4, -0.2) is 11.5 Å². The molecule has 1 heterocycles. The van der Waals surface area contributed by atoms with Gasteiger partial charge in [-0.3, -0.25) is 4.98 Å². The van der Waals surface area contributed by atoms with E-state index in [2.05, 4.69) is 56.1 Å². The highest BCUT2D eigenvalue weighted by Gasteiger charge is 2.13. The maximum atomic E-state index is 5.66. The third-order valence-electron chi connectivity index (χ3n) is 3.33. The third-order valence-corrected chi connectivity index (χ3v) is 3.33. The SMILES string of the molecule is CC(C)(C)c1ccc(-c2ncccc2CCN)cc1. The summed E-state index contributed by atoms with van der Waals surface area (Å²) in [4.78, 5) is 4.50. The van der Waals surface area contributed by atoms with Gasteiger partial charge in [-0.25, -0.2) is 0 Å². The number of hydrogen-bond acceptors (Lipinski definition) is 2. The molecule has 2 aromatic rings. The molecule has 0 saturated carbocycles. The van der Waals surface area contributed by atoms with Crippen LogP contribution in [0, 0.1) is 0 Å². The van der Waals surface area contributed by atoms with E-state index in [1.165, 1.54) is 11.1 Å². The van der Waals surface area contributed by atoms with E-state index < -0.39 is 0 Å². The number of rotatable bonds is 3. The van der Waals surface area contributed by atoms with E-state index in [4.69, 9.17) is 5.73 Å². The highest BCUT2D eigenvalue weighted by molar-refractivity contribution is 5.63. The number of aromatic nitrogens is 1. The number of pyridine rings is 1. The van der Waals surface area contributed by atoms with Gasteiger partial charge in [0.1, 0.15) is 0 Å². The predicted molar refractivity (Wildman–Crippen MR) is 81.1 cm³/mol. The van der Waals surface area contributed by atoms with E-state index in [0.29, 0.717) is 6.54 Å². The van der Waals surface area contributed by atoms with Crippen LogP contribution in [0.4, 0.5) is 0 Å². The summed E-state index contributed by atoms with van der Waals surface area (Å²) in [7, 11) is 0. The Kier molecular flexibility index (Phi) is 4.01. The second kappa shape index (κ2) is 5.54. The van der Waals surface area contributed by atoms with E-state index in [0.717, 1.165) is 17.7 Å². The van der Waals surface area contributed by atoms with Crippen molar-refractivity contribution in [3.63, 3.8) is 0 Å². The normalized spacial score (nSPS) is 11.6. The van der Waals surface area contributed by atoms with E-state index in [1.807, 2.05) is 12.3 Å². The second-order valence-corrected chi connectivity index (χ2v) is 5.88. The zero-order valence-corrected chi connectivity index (χ0v) is 12.0. The molecular weight excluding hydrogens is 232 g/mol. The van der Waals surface area contributed by atoms with Crippen molar-refractivity contribution < 1.29 is 0 Å². The summed E-state index contributed by atoms with van der Waals surface area (Å²) in [6.07, 6.45) is 2.71. The lowest BCUT2D eigenvalue weighted by atomic mass is 9.86. The van der Waals surface area contributed by atoms with Crippen molar-refractivity contribution in [2.75, 3.05) is 6.54 Å². The zero-order chi connectivity index (χ0) is 13.9. The molecule has 0 atom stereocenters. The van der Waals surface area contributed by atoms with Crippen LogP contribution < -0.4 is 5.73 Å². The molecule has 1 aromatic carbocycles. The summed E-state index contributed by atoms with van der Waals surface area (Å²) in [6.45, 7) is 7.33. The number of benzene rings is 1. The minimum Gasteiger partial charge on any atom is -0.330 e. The lowest BCUT2D eigenvalue weighted by Gasteiger charge is -2.19. The van der Waals surface area contributed by atoms with E-state index in [1.54, 1.807) is 0 Å². The first-order valence-electron chi connectivity index (χ1n) is 6.77. The summed E-state index contributed by atoms with van der Waals surface area (Å²) in [5, 5.41) is 0. The number of nitrogens with two attached hydrogens (primary N) is 1. The monoisotopic (exact) mass is 254 g/mol. The Bertz CT molecular complexity index is 536. The minimum absolute atomic E-state index is 0.183. The third kappa shape index (κ3) is 3.21. The van der Waals surface area contributed by atoms with Gasteiger partial charge in [-0.2, -0.15) is 0 Å². The Morgan fingerprint density at radius 2 is 1.74 bits per heavy atom. The van der Waals surface area contributed by atoms with Crippen molar-refractivity contribution in [1.82, 2.24) is 4.98 Å². The van der Waals surface area contributed by atoms with Gasteiger partial charge in [0.2, 0.25) is 0 Å². The van der Waals surface area contributed by atoms with Crippen LogP contribution in [0.15, 0.2) is 42.6 Å². The molecule has 0 radical (unpaired) electrons. The van der Waals surface area contributed by atoms with Gasteiger partial charge >= 0.3 is 0 Å². The van der Waals surface area contributed by atoms with Gasteiger partial charge in [-0.15, -0.1) is 0 Å². The molecule has 1 aromatic heterocycles. The van der Waals surface area contributed by atoms with Gasteiger partial charge in [0.15, 0.2) is 0 Å². The van der Waals surface area contributed by atoms with Crippen molar-refractivity contribution in [2.24, 2.45) is 5.73 Å². The quantitative estimate of drug-likeness (QED) is 0.909. The molecule has 19 heavy (non-hydrogen) atoms. The average molecular weight is 254 g/mol. The summed E-state index contributed by atoms with van der Waals surface area (Å²) < 4.78 is 0. The van der Waals surface area contributed by atoms with Crippen molar-refractivity contribution in [1.29, 1.82) is 0 Å². The van der Waals surface area contributed by atoms with Crippen LogP contribution in [0.2, 0.25) is 0 Å². The highest BCUT2D eigenvalue weighted by atomic mass is 14.7. The molecule has 2 rings (SSSR count). The Labute approximate surface area is 115 Å². The molecule has 2 heteroatoms. The molecule has 0 saturated heterocycles. The lowest BCUT2D eigenvalue weighted by Crippen LogP contribution is -2.10. The van der Waals surface area contributed by atoms with Crippen molar-refractivity contribution in [3.8, 4) is 11.3 Å². The molecule has 0 unspecified atom stereocenters. The van der Waals surface area contributed by atoms with Gasteiger partial charge in [0.05, 0.1) is 5.69 Å². The summed E-state index contributed by atoms with van der Waals surface area (Å²) in [5.74, 6) is 0. The fourth-order valence-electron chi connectivity index (χ4n) is 2.18. The van der Waals surface area contributed by atoms with Crippen LogP contribution in [0.5, 0.6) is 0 Å². The van der Waals surface area contributed by atoms with Gasteiger partial charge in [-0.1, -0.05) is 51.1 Å². The molecule has 0 bridgehead atoms.